The molecule has 3 atom stereocenters. The van der Waals surface area contributed by atoms with Crippen LogP contribution in [0.2, 0.25) is 0 Å². The average molecular weight is 248 g/mol. The maximum Gasteiger partial charge on any atom is 0.0418 e. The highest BCUT2D eigenvalue weighted by molar-refractivity contribution is 5.96. The summed E-state index contributed by atoms with van der Waals surface area (Å²) in [6.45, 7) is 11.0. The molecular weight excluding hydrogens is 220 g/mol. The van der Waals surface area contributed by atoms with E-state index in [-0.39, 0.29) is 11.0 Å². The van der Waals surface area contributed by atoms with Gasteiger partial charge in [-0.05, 0) is 25.3 Å². The smallest absolute Gasteiger partial charge is 0.0418 e. The third kappa shape index (κ3) is 3.81. The van der Waals surface area contributed by atoms with Crippen LogP contribution in [0.5, 0.6) is 0 Å². The first-order valence-corrected chi connectivity index (χ1v) is 7.05. The molecule has 1 heterocycles. The van der Waals surface area contributed by atoms with Crippen LogP contribution in [-0.4, -0.2) is 11.3 Å². The summed E-state index contributed by atoms with van der Waals surface area (Å²) in [6, 6.07) is 0. The Hall–Kier alpha value is -0.890. The lowest BCUT2D eigenvalue weighted by molar-refractivity contribution is 0.343. The van der Waals surface area contributed by atoms with Crippen LogP contribution in [0.25, 0.3) is 0 Å². The van der Waals surface area contributed by atoms with Crippen LogP contribution in [0.3, 0.4) is 0 Å². The number of rotatable bonds is 5. The van der Waals surface area contributed by atoms with Crippen molar-refractivity contribution < 1.29 is 0 Å². The van der Waals surface area contributed by atoms with Crippen LogP contribution in [0.15, 0.2) is 29.4 Å². The van der Waals surface area contributed by atoms with Gasteiger partial charge in [0, 0.05) is 29.3 Å². The predicted octanol–water partition coefficient (Wildman–Crippen LogP) is 4.08. The van der Waals surface area contributed by atoms with Gasteiger partial charge in [-0.15, -0.1) is 0 Å². The first-order chi connectivity index (χ1) is 8.33. The predicted molar refractivity (Wildman–Crippen MR) is 80.8 cm³/mol. The lowest BCUT2D eigenvalue weighted by Crippen LogP contribution is -2.37. The molecular formula is C16H28N2. The molecule has 0 bridgehead atoms. The Morgan fingerprint density at radius 1 is 1.39 bits per heavy atom. The molecule has 2 heteroatoms. The standard InChI is InChI=1S/C16H28N2/c1-6-13(3)15(4)9-8-14(18-11-10-15)12-16(5,17)7-2/h8-11,13H,6-7,12,17H2,1-5H3. The number of aliphatic imine (C=N–C) groups is 1. The molecule has 0 aromatic carbocycles. The number of hydrogen-bond donors (Lipinski definition) is 1. The quantitative estimate of drug-likeness (QED) is 0.782. The van der Waals surface area contributed by atoms with Gasteiger partial charge < -0.3 is 5.73 Å². The van der Waals surface area contributed by atoms with E-state index in [0.29, 0.717) is 5.92 Å². The van der Waals surface area contributed by atoms with Crippen molar-refractivity contribution >= 4 is 5.71 Å². The van der Waals surface area contributed by atoms with E-state index >= 15 is 0 Å². The van der Waals surface area contributed by atoms with E-state index in [1.165, 1.54) is 6.42 Å². The second kappa shape index (κ2) is 5.83. The molecule has 0 amide bonds. The van der Waals surface area contributed by atoms with Gasteiger partial charge in [-0.25, -0.2) is 0 Å². The summed E-state index contributed by atoms with van der Waals surface area (Å²) >= 11 is 0. The first kappa shape index (κ1) is 15.2. The Labute approximate surface area is 112 Å². The topological polar surface area (TPSA) is 38.4 Å². The van der Waals surface area contributed by atoms with E-state index in [2.05, 4.69) is 57.8 Å². The fourth-order valence-electron chi connectivity index (χ4n) is 2.08. The van der Waals surface area contributed by atoms with Gasteiger partial charge in [-0.2, -0.15) is 0 Å². The van der Waals surface area contributed by atoms with Gasteiger partial charge in [-0.1, -0.05) is 46.3 Å². The van der Waals surface area contributed by atoms with E-state index in [0.717, 1.165) is 18.6 Å². The lowest BCUT2D eigenvalue weighted by Gasteiger charge is -2.28. The molecule has 0 aromatic heterocycles. The SMILES string of the molecule is CCC(C)C1(C)C=CN=C(CC(C)(N)CC)C=C1. The normalized spacial score (nSPS) is 28.4. The largest absolute Gasteiger partial charge is 0.325 e. The van der Waals surface area contributed by atoms with E-state index in [4.69, 9.17) is 5.73 Å². The lowest BCUT2D eigenvalue weighted by atomic mass is 9.76. The van der Waals surface area contributed by atoms with Gasteiger partial charge in [0.15, 0.2) is 0 Å². The molecule has 0 fully saturated rings. The summed E-state index contributed by atoms with van der Waals surface area (Å²) in [7, 11) is 0. The van der Waals surface area contributed by atoms with Gasteiger partial charge in [0.05, 0.1) is 0 Å². The molecule has 1 aliphatic heterocycles. The maximum absolute atomic E-state index is 6.21. The highest BCUT2D eigenvalue weighted by atomic mass is 14.8. The zero-order chi connectivity index (χ0) is 13.8. The van der Waals surface area contributed by atoms with Gasteiger partial charge in [-0.3, -0.25) is 4.99 Å². The molecule has 0 saturated heterocycles. The molecule has 1 aliphatic rings. The van der Waals surface area contributed by atoms with Crippen molar-refractivity contribution in [2.75, 3.05) is 0 Å². The van der Waals surface area contributed by atoms with Gasteiger partial charge in [0.25, 0.3) is 0 Å². The van der Waals surface area contributed by atoms with E-state index < -0.39 is 0 Å². The Morgan fingerprint density at radius 2 is 2.06 bits per heavy atom. The molecule has 0 saturated carbocycles. The summed E-state index contributed by atoms with van der Waals surface area (Å²) in [6.07, 6.45) is 11.6. The molecule has 0 spiro atoms. The molecule has 0 aliphatic carbocycles. The summed E-state index contributed by atoms with van der Waals surface area (Å²) in [5, 5.41) is 0. The monoisotopic (exact) mass is 248 g/mol. The van der Waals surface area contributed by atoms with Crippen molar-refractivity contribution in [2.24, 2.45) is 22.1 Å². The summed E-state index contributed by atoms with van der Waals surface area (Å²) in [4.78, 5) is 4.54. The third-order valence-electron chi connectivity index (χ3n) is 4.38. The fraction of sp³-hybridized carbons (Fsp3) is 0.688. The molecule has 1 rings (SSSR count). The van der Waals surface area contributed by atoms with Crippen LogP contribution in [-0.2, 0) is 0 Å². The number of hydrogen-bond acceptors (Lipinski definition) is 2. The number of allylic oxidation sites excluding steroid dienone is 3. The summed E-state index contributed by atoms with van der Waals surface area (Å²) in [5.74, 6) is 0.620. The first-order valence-electron chi connectivity index (χ1n) is 7.05. The van der Waals surface area contributed by atoms with Crippen molar-refractivity contribution in [1.82, 2.24) is 0 Å². The highest BCUT2D eigenvalue weighted by Crippen LogP contribution is 2.34. The molecule has 3 unspecified atom stereocenters. The van der Waals surface area contributed by atoms with Gasteiger partial charge >= 0.3 is 0 Å². The fourth-order valence-corrected chi connectivity index (χ4v) is 2.08. The van der Waals surface area contributed by atoms with Crippen LogP contribution >= 0.6 is 0 Å². The second-order valence-electron chi connectivity index (χ2n) is 6.13. The minimum atomic E-state index is -0.159. The Kier molecular flexibility index (Phi) is 4.92. The molecule has 2 N–H and O–H groups in total. The average Bonchev–Trinajstić information content (AvgIpc) is 2.51. The zero-order valence-corrected chi connectivity index (χ0v) is 12.5. The van der Waals surface area contributed by atoms with Crippen molar-refractivity contribution in [3.8, 4) is 0 Å². The summed E-state index contributed by atoms with van der Waals surface area (Å²) in [5.41, 5.74) is 7.25. The van der Waals surface area contributed by atoms with Crippen LogP contribution in [0.1, 0.15) is 53.9 Å². The molecule has 102 valence electrons. The molecule has 18 heavy (non-hydrogen) atoms. The van der Waals surface area contributed by atoms with Gasteiger partial charge in [0.2, 0.25) is 0 Å². The Bertz CT molecular complexity index is 363. The molecule has 2 nitrogen and oxygen atoms in total. The van der Waals surface area contributed by atoms with Crippen molar-refractivity contribution in [3.63, 3.8) is 0 Å². The zero-order valence-electron chi connectivity index (χ0n) is 12.5. The number of nitrogens with two attached hydrogens (primary N) is 1. The van der Waals surface area contributed by atoms with Crippen molar-refractivity contribution in [3.05, 3.63) is 24.4 Å². The Balaban J connectivity index is 2.83. The van der Waals surface area contributed by atoms with E-state index in [1.54, 1.807) is 0 Å². The summed E-state index contributed by atoms with van der Waals surface area (Å²) < 4.78 is 0. The second-order valence-corrected chi connectivity index (χ2v) is 6.13. The highest BCUT2D eigenvalue weighted by Gasteiger charge is 2.26. The third-order valence-corrected chi connectivity index (χ3v) is 4.38. The minimum Gasteiger partial charge on any atom is -0.325 e. The Morgan fingerprint density at radius 3 is 2.61 bits per heavy atom. The van der Waals surface area contributed by atoms with Crippen LogP contribution < -0.4 is 5.73 Å². The van der Waals surface area contributed by atoms with Crippen molar-refractivity contribution in [2.45, 2.75) is 59.4 Å². The van der Waals surface area contributed by atoms with E-state index in [9.17, 15) is 0 Å². The van der Waals surface area contributed by atoms with Crippen LogP contribution in [0, 0.1) is 11.3 Å². The maximum atomic E-state index is 6.21. The van der Waals surface area contributed by atoms with Crippen molar-refractivity contribution in [1.29, 1.82) is 0 Å². The van der Waals surface area contributed by atoms with Crippen LogP contribution in [0.4, 0.5) is 0 Å². The van der Waals surface area contributed by atoms with E-state index in [1.807, 2.05) is 6.20 Å². The van der Waals surface area contributed by atoms with Gasteiger partial charge in [0.1, 0.15) is 0 Å². The minimum absolute atomic E-state index is 0.108. The molecule has 0 radical (unpaired) electrons. The number of nitrogens with zero attached hydrogens (tertiary/aromatic N) is 1. The molecule has 0 aromatic rings.